The van der Waals surface area contributed by atoms with E-state index in [4.69, 9.17) is 4.74 Å². The van der Waals surface area contributed by atoms with E-state index >= 15 is 0 Å². The Hall–Kier alpha value is -1.83. The number of ether oxygens (including phenoxy) is 1. The molecule has 0 bridgehead atoms. The quantitative estimate of drug-likeness (QED) is 0.572. The molecule has 25 heavy (non-hydrogen) atoms. The molecule has 134 valence electrons. The van der Waals surface area contributed by atoms with Gasteiger partial charge in [-0.2, -0.15) is 0 Å². The number of hydrogen-bond donors (Lipinski definition) is 0. The van der Waals surface area contributed by atoms with E-state index in [2.05, 4.69) is 42.2 Å². The molecule has 1 atom stereocenters. The summed E-state index contributed by atoms with van der Waals surface area (Å²) in [6, 6.07) is 12.5. The van der Waals surface area contributed by atoms with E-state index in [1.165, 1.54) is 50.5 Å². The maximum absolute atomic E-state index is 6.07. The van der Waals surface area contributed by atoms with Crippen LogP contribution < -0.4 is 4.74 Å². The Balaban J connectivity index is 1.50. The van der Waals surface area contributed by atoms with Gasteiger partial charge in [0.1, 0.15) is 12.4 Å². The molecule has 2 heteroatoms. The summed E-state index contributed by atoms with van der Waals surface area (Å²) in [6.07, 6.45) is 14.7. The van der Waals surface area contributed by atoms with Crippen LogP contribution in [0.1, 0.15) is 63.0 Å². The van der Waals surface area contributed by atoms with Crippen molar-refractivity contribution < 1.29 is 4.74 Å². The van der Waals surface area contributed by atoms with Crippen LogP contribution in [0.5, 0.6) is 5.75 Å². The first-order valence-corrected chi connectivity index (χ1v) is 9.91. The molecule has 0 N–H and O–H groups in total. The fourth-order valence-electron chi connectivity index (χ4n) is 4.01. The summed E-state index contributed by atoms with van der Waals surface area (Å²) in [5.74, 6) is 2.80. The van der Waals surface area contributed by atoms with Crippen molar-refractivity contribution in [2.45, 2.75) is 64.9 Å². The average Bonchev–Trinajstić information content (AvgIpc) is 2.67. The minimum Gasteiger partial charge on any atom is -0.489 e. The summed E-state index contributed by atoms with van der Waals surface area (Å²) < 4.78 is 6.07. The second-order valence-corrected chi connectivity index (χ2v) is 7.64. The SMILES string of the molecule is CC(CCc1ccccc1OCc1cccnc1)CC1CCCCC1. The molecule has 2 aromatic rings. The average molecular weight is 338 g/mol. The lowest BCUT2D eigenvalue weighted by Gasteiger charge is -2.24. The van der Waals surface area contributed by atoms with E-state index in [9.17, 15) is 0 Å². The number of rotatable bonds is 8. The molecule has 0 radical (unpaired) electrons. The van der Waals surface area contributed by atoms with Crippen molar-refractivity contribution in [3.8, 4) is 5.75 Å². The highest BCUT2D eigenvalue weighted by Crippen LogP contribution is 2.31. The molecule has 1 aromatic carbocycles. The molecule has 0 saturated heterocycles. The number of aromatic nitrogens is 1. The molecule has 1 unspecified atom stereocenters. The van der Waals surface area contributed by atoms with Crippen LogP contribution in [-0.2, 0) is 13.0 Å². The maximum atomic E-state index is 6.07. The third kappa shape index (κ3) is 5.88. The maximum Gasteiger partial charge on any atom is 0.122 e. The second kappa shape index (κ2) is 9.60. The zero-order valence-corrected chi connectivity index (χ0v) is 15.5. The third-order valence-corrected chi connectivity index (χ3v) is 5.46. The van der Waals surface area contributed by atoms with E-state index in [0.29, 0.717) is 6.61 Å². The normalized spacial score (nSPS) is 16.5. The lowest BCUT2D eigenvalue weighted by molar-refractivity contribution is 0.285. The molecule has 0 spiro atoms. The van der Waals surface area contributed by atoms with Crippen LogP contribution in [0.4, 0.5) is 0 Å². The van der Waals surface area contributed by atoms with E-state index in [1.54, 1.807) is 6.20 Å². The Morgan fingerprint density at radius 1 is 1.08 bits per heavy atom. The predicted molar refractivity (Wildman–Crippen MR) is 104 cm³/mol. The smallest absolute Gasteiger partial charge is 0.122 e. The van der Waals surface area contributed by atoms with Gasteiger partial charge in [-0.25, -0.2) is 0 Å². The van der Waals surface area contributed by atoms with E-state index < -0.39 is 0 Å². The standard InChI is InChI=1S/C23H31NO/c1-19(16-20-8-3-2-4-9-20)13-14-22-11-5-6-12-23(22)25-18-21-10-7-15-24-17-21/h5-7,10-12,15,17,19-20H,2-4,8-9,13-14,16,18H2,1H3. The number of nitrogens with zero attached hydrogens (tertiary/aromatic N) is 1. The molecule has 0 amide bonds. The van der Waals surface area contributed by atoms with Crippen LogP contribution in [-0.4, -0.2) is 4.98 Å². The van der Waals surface area contributed by atoms with Gasteiger partial charge in [0.15, 0.2) is 0 Å². The number of aryl methyl sites for hydroxylation is 1. The first kappa shape index (κ1) is 18.0. The molecule has 1 aromatic heterocycles. The Kier molecular flexibility index (Phi) is 6.90. The van der Waals surface area contributed by atoms with Gasteiger partial charge in [0.25, 0.3) is 0 Å². The molecule has 0 aliphatic heterocycles. The van der Waals surface area contributed by atoms with Crippen LogP contribution in [0.25, 0.3) is 0 Å². The van der Waals surface area contributed by atoms with Gasteiger partial charge in [-0.05, 0) is 48.8 Å². The highest BCUT2D eigenvalue weighted by Gasteiger charge is 2.16. The summed E-state index contributed by atoms with van der Waals surface area (Å²) in [7, 11) is 0. The number of hydrogen-bond acceptors (Lipinski definition) is 2. The third-order valence-electron chi connectivity index (χ3n) is 5.46. The van der Waals surface area contributed by atoms with Gasteiger partial charge in [0, 0.05) is 18.0 Å². The van der Waals surface area contributed by atoms with Gasteiger partial charge in [0.05, 0.1) is 0 Å². The molecule has 1 aliphatic rings. The lowest BCUT2D eigenvalue weighted by Crippen LogP contribution is -2.11. The number of pyridine rings is 1. The van der Waals surface area contributed by atoms with Crippen molar-refractivity contribution in [1.82, 2.24) is 4.98 Å². The van der Waals surface area contributed by atoms with Crippen molar-refractivity contribution in [2.24, 2.45) is 11.8 Å². The highest BCUT2D eigenvalue weighted by molar-refractivity contribution is 5.33. The lowest BCUT2D eigenvalue weighted by atomic mass is 9.82. The Morgan fingerprint density at radius 2 is 1.92 bits per heavy atom. The van der Waals surface area contributed by atoms with Crippen LogP contribution in [0.15, 0.2) is 48.8 Å². The Labute approximate surface area is 152 Å². The molecular formula is C23H31NO. The van der Waals surface area contributed by atoms with Crippen LogP contribution in [0.2, 0.25) is 0 Å². The zero-order chi connectivity index (χ0) is 17.3. The number of benzene rings is 1. The Bertz CT molecular complexity index is 619. The summed E-state index contributed by atoms with van der Waals surface area (Å²) in [6.45, 7) is 3.01. The topological polar surface area (TPSA) is 22.1 Å². The van der Waals surface area contributed by atoms with Gasteiger partial charge in [0.2, 0.25) is 0 Å². The molecule has 2 nitrogen and oxygen atoms in total. The minimum atomic E-state index is 0.586. The fraction of sp³-hybridized carbons (Fsp3) is 0.522. The monoisotopic (exact) mass is 337 g/mol. The van der Waals surface area contributed by atoms with Crippen molar-refractivity contribution >= 4 is 0 Å². The first-order chi connectivity index (χ1) is 12.3. The summed E-state index contributed by atoms with van der Waals surface area (Å²) in [5.41, 5.74) is 2.45. The molecule has 1 heterocycles. The number of para-hydroxylation sites is 1. The van der Waals surface area contributed by atoms with Crippen molar-refractivity contribution in [1.29, 1.82) is 0 Å². The summed E-state index contributed by atoms with van der Waals surface area (Å²) in [4.78, 5) is 4.15. The van der Waals surface area contributed by atoms with Crippen molar-refractivity contribution in [2.75, 3.05) is 0 Å². The van der Waals surface area contributed by atoms with Crippen LogP contribution in [0.3, 0.4) is 0 Å². The zero-order valence-electron chi connectivity index (χ0n) is 15.5. The van der Waals surface area contributed by atoms with Gasteiger partial charge >= 0.3 is 0 Å². The van der Waals surface area contributed by atoms with Crippen LogP contribution in [0, 0.1) is 11.8 Å². The van der Waals surface area contributed by atoms with Gasteiger partial charge in [-0.1, -0.05) is 63.3 Å². The molecule has 3 rings (SSSR count). The molecular weight excluding hydrogens is 306 g/mol. The van der Waals surface area contributed by atoms with Crippen molar-refractivity contribution in [3.05, 3.63) is 59.9 Å². The molecule has 1 aliphatic carbocycles. The van der Waals surface area contributed by atoms with Crippen molar-refractivity contribution in [3.63, 3.8) is 0 Å². The van der Waals surface area contributed by atoms with E-state index in [1.807, 2.05) is 12.3 Å². The molecule has 1 saturated carbocycles. The van der Waals surface area contributed by atoms with Gasteiger partial charge in [-0.15, -0.1) is 0 Å². The minimum absolute atomic E-state index is 0.586. The van der Waals surface area contributed by atoms with E-state index in [-0.39, 0.29) is 0 Å². The first-order valence-electron chi connectivity index (χ1n) is 9.91. The van der Waals surface area contributed by atoms with Gasteiger partial charge < -0.3 is 4.74 Å². The van der Waals surface area contributed by atoms with E-state index in [0.717, 1.165) is 29.6 Å². The second-order valence-electron chi connectivity index (χ2n) is 7.64. The fourth-order valence-corrected chi connectivity index (χ4v) is 4.01. The highest BCUT2D eigenvalue weighted by atomic mass is 16.5. The van der Waals surface area contributed by atoms with Gasteiger partial charge in [-0.3, -0.25) is 4.98 Å². The van der Waals surface area contributed by atoms with Crippen LogP contribution >= 0.6 is 0 Å². The molecule has 1 fully saturated rings. The predicted octanol–water partition coefficient (Wildman–Crippen LogP) is 6.20. The Morgan fingerprint density at radius 3 is 2.72 bits per heavy atom. The largest absolute Gasteiger partial charge is 0.489 e. The summed E-state index contributed by atoms with van der Waals surface area (Å²) >= 11 is 0. The summed E-state index contributed by atoms with van der Waals surface area (Å²) in [5, 5.41) is 0.